The maximum absolute atomic E-state index is 12.8. The zero-order valence-electron chi connectivity index (χ0n) is 15.6. The van der Waals surface area contributed by atoms with Crippen molar-refractivity contribution in [3.05, 3.63) is 58.6 Å². The van der Waals surface area contributed by atoms with Gasteiger partial charge in [-0.25, -0.2) is 5.01 Å². The number of benzene rings is 2. The number of halogens is 1. The lowest BCUT2D eigenvalue weighted by Crippen LogP contribution is -2.51. The molecule has 2 aromatic rings. The van der Waals surface area contributed by atoms with Crippen molar-refractivity contribution in [3.8, 4) is 5.75 Å². The predicted octanol–water partition coefficient (Wildman–Crippen LogP) is 4.06. The molecule has 2 aromatic carbocycles. The van der Waals surface area contributed by atoms with E-state index in [4.69, 9.17) is 22.1 Å². The van der Waals surface area contributed by atoms with E-state index in [0.717, 1.165) is 32.2 Å². The lowest BCUT2D eigenvalue weighted by atomic mass is 9.97. The number of anilines is 1. The lowest BCUT2D eigenvalue weighted by molar-refractivity contribution is 0.0550. The zero-order chi connectivity index (χ0) is 19.2. The molecule has 27 heavy (non-hydrogen) atoms. The van der Waals surface area contributed by atoms with Crippen LogP contribution in [0.5, 0.6) is 5.75 Å². The summed E-state index contributed by atoms with van der Waals surface area (Å²) in [5, 5.41) is 2.42. The van der Waals surface area contributed by atoms with Gasteiger partial charge in [0.15, 0.2) is 0 Å². The van der Waals surface area contributed by atoms with Gasteiger partial charge in [-0.15, -0.1) is 0 Å². The molecule has 1 saturated heterocycles. The Bertz CT molecular complexity index is 782. The quantitative estimate of drug-likeness (QED) is 0.733. The minimum Gasteiger partial charge on any atom is -0.496 e. The monoisotopic (exact) mass is 387 g/mol. The highest BCUT2D eigenvalue weighted by atomic mass is 35.5. The molecular formula is C21H26ClN3O2. The highest BCUT2D eigenvalue weighted by Crippen LogP contribution is 2.29. The average Bonchev–Trinajstić information content (AvgIpc) is 2.69. The summed E-state index contributed by atoms with van der Waals surface area (Å²) >= 11 is 6.10. The highest BCUT2D eigenvalue weighted by molar-refractivity contribution is 6.33. The van der Waals surface area contributed by atoms with Gasteiger partial charge in [0.25, 0.3) is 5.91 Å². The van der Waals surface area contributed by atoms with E-state index in [2.05, 4.69) is 34.7 Å². The summed E-state index contributed by atoms with van der Waals surface area (Å²) < 4.78 is 5.31. The second-order valence-electron chi connectivity index (χ2n) is 6.88. The number of rotatable bonds is 6. The normalized spacial score (nSPS) is 17.5. The van der Waals surface area contributed by atoms with Gasteiger partial charge < -0.3 is 10.5 Å². The zero-order valence-corrected chi connectivity index (χ0v) is 16.3. The molecule has 5 nitrogen and oxygen atoms in total. The molecule has 1 amide bonds. The van der Waals surface area contributed by atoms with Crippen LogP contribution in [0, 0.1) is 0 Å². The predicted molar refractivity (Wildman–Crippen MR) is 109 cm³/mol. The first-order chi connectivity index (χ1) is 13.1. The standard InChI is InChI=1S/C21H26ClN3O2/c1-27-20-14-19(23)18(22)13-17(20)21(26)24-25-12-6-5-9-16(25)11-10-15-7-3-2-4-8-15/h2-4,7-8,13-14,16H,5-6,9-12,23H2,1H3,(H,24,26). The molecule has 0 aromatic heterocycles. The molecule has 6 heteroatoms. The third-order valence-electron chi connectivity index (χ3n) is 5.04. The number of amides is 1. The molecule has 0 radical (unpaired) electrons. The van der Waals surface area contributed by atoms with Gasteiger partial charge in [0.05, 0.1) is 23.4 Å². The summed E-state index contributed by atoms with van der Waals surface area (Å²) in [4.78, 5) is 12.8. The first-order valence-electron chi connectivity index (χ1n) is 9.33. The van der Waals surface area contributed by atoms with Crippen molar-refractivity contribution >= 4 is 23.2 Å². The van der Waals surface area contributed by atoms with Crippen LogP contribution >= 0.6 is 11.6 Å². The molecule has 1 heterocycles. The number of carbonyl (C=O) groups excluding carboxylic acids is 1. The number of hydrazine groups is 1. The molecule has 1 fully saturated rings. The van der Waals surface area contributed by atoms with Crippen molar-refractivity contribution in [1.82, 2.24) is 10.4 Å². The van der Waals surface area contributed by atoms with Gasteiger partial charge in [0, 0.05) is 18.7 Å². The number of hydrogen-bond donors (Lipinski definition) is 2. The SMILES string of the molecule is COc1cc(N)c(Cl)cc1C(=O)NN1CCCCC1CCc1ccccc1. The Morgan fingerprint density at radius 3 is 2.81 bits per heavy atom. The van der Waals surface area contributed by atoms with Crippen LogP contribution in [0.15, 0.2) is 42.5 Å². The number of piperidine rings is 1. The Morgan fingerprint density at radius 1 is 1.30 bits per heavy atom. The molecule has 0 saturated carbocycles. The van der Waals surface area contributed by atoms with E-state index in [0.29, 0.717) is 28.1 Å². The summed E-state index contributed by atoms with van der Waals surface area (Å²) in [5.41, 5.74) is 11.0. The molecule has 0 aliphatic carbocycles. The molecule has 1 aliphatic heterocycles. The Morgan fingerprint density at radius 2 is 2.07 bits per heavy atom. The van der Waals surface area contributed by atoms with E-state index in [1.54, 1.807) is 12.1 Å². The average molecular weight is 388 g/mol. The number of hydrogen-bond acceptors (Lipinski definition) is 4. The van der Waals surface area contributed by atoms with Gasteiger partial charge in [0.1, 0.15) is 5.75 Å². The fraction of sp³-hybridized carbons (Fsp3) is 0.381. The number of nitrogens with zero attached hydrogens (tertiary/aromatic N) is 1. The second-order valence-corrected chi connectivity index (χ2v) is 7.29. The van der Waals surface area contributed by atoms with Crippen molar-refractivity contribution in [1.29, 1.82) is 0 Å². The van der Waals surface area contributed by atoms with Crippen LogP contribution in [-0.2, 0) is 6.42 Å². The Hall–Kier alpha value is -2.24. The van der Waals surface area contributed by atoms with Crippen LogP contribution in [0.3, 0.4) is 0 Å². The van der Waals surface area contributed by atoms with Gasteiger partial charge in [-0.2, -0.15) is 0 Å². The van der Waals surface area contributed by atoms with Crippen molar-refractivity contribution < 1.29 is 9.53 Å². The van der Waals surface area contributed by atoms with Crippen LogP contribution in [0.25, 0.3) is 0 Å². The van der Waals surface area contributed by atoms with E-state index in [1.807, 2.05) is 6.07 Å². The number of nitrogens with one attached hydrogen (secondary N) is 1. The lowest BCUT2D eigenvalue weighted by Gasteiger charge is -2.36. The van der Waals surface area contributed by atoms with Gasteiger partial charge in [-0.1, -0.05) is 48.4 Å². The molecule has 1 atom stereocenters. The van der Waals surface area contributed by atoms with Gasteiger partial charge >= 0.3 is 0 Å². The molecule has 0 spiro atoms. The Kier molecular flexibility index (Phi) is 6.58. The minimum absolute atomic E-state index is 0.222. The van der Waals surface area contributed by atoms with E-state index in [1.165, 1.54) is 19.1 Å². The highest BCUT2D eigenvalue weighted by Gasteiger charge is 2.25. The fourth-order valence-corrected chi connectivity index (χ4v) is 3.70. The van der Waals surface area contributed by atoms with Gasteiger partial charge in [-0.05, 0) is 37.3 Å². The van der Waals surface area contributed by atoms with E-state index >= 15 is 0 Å². The van der Waals surface area contributed by atoms with Crippen LogP contribution in [0.2, 0.25) is 5.02 Å². The summed E-state index contributed by atoms with van der Waals surface area (Å²) in [5.74, 6) is 0.201. The summed E-state index contributed by atoms with van der Waals surface area (Å²) in [6.45, 7) is 0.843. The minimum atomic E-state index is -0.222. The van der Waals surface area contributed by atoms with Crippen molar-refractivity contribution in [2.24, 2.45) is 0 Å². The van der Waals surface area contributed by atoms with E-state index in [9.17, 15) is 4.79 Å². The molecule has 1 aliphatic rings. The van der Waals surface area contributed by atoms with Crippen LogP contribution in [0.4, 0.5) is 5.69 Å². The summed E-state index contributed by atoms with van der Waals surface area (Å²) in [6.07, 6.45) is 5.33. The Balaban J connectivity index is 1.68. The Labute approximate surface area is 165 Å². The number of nitrogens with two attached hydrogens (primary N) is 1. The topological polar surface area (TPSA) is 67.6 Å². The van der Waals surface area contributed by atoms with E-state index < -0.39 is 0 Å². The molecule has 3 rings (SSSR count). The molecule has 1 unspecified atom stereocenters. The van der Waals surface area contributed by atoms with Crippen molar-refractivity contribution in [2.45, 2.75) is 38.1 Å². The number of ether oxygens (including phenoxy) is 1. The number of methoxy groups -OCH3 is 1. The smallest absolute Gasteiger partial charge is 0.269 e. The third-order valence-corrected chi connectivity index (χ3v) is 5.37. The molecule has 3 N–H and O–H groups in total. The van der Waals surface area contributed by atoms with Crippen LogP contribution < -0.4 is 15.9 Å². The van der Waals surface area contributed by atoms with Crippen LogP contribution in [0.1, 0.15) is 41.6 Å². The third kappa shape index (κ3) is 4.93. The van der Waals surface area contributed by atoms with Gasteiger partial charge in [0.2, 0.25) is 0 Å². The van der Waals surface area contributed by atoms with Crippen molar-refractivity contribution in [2.75, 3.05) is 19.4 Å². The first kappa shape index (κ1) is 19.5. The largest absolute Gasteiger partial charge is 0.496 e. The van der Waals surface area contributed by atoms with Crippen molar-refractivity contribution in [3.63, 3.8) is 0 Å². The summed E-state index contributed by atoms with van der Waals surface area (Å²) in [6, 6.07) is 13.9. The summed E-state index contributed by atoms with van der Waals surface area (Å²) in [7, 11) is 1.52. The van der Waals surface area contributed by atoms with E-state index in [-0.39, 0.29) is 5.91 Å². The number of aryl methyl sites for hydroxylation is 1. The number of nitrogen functional groups attached to an aromatic ring is 1. The maximum atomic E-state index is 12.8. The number of carbonyl (C=O) groups is 1. The van der Waals surface area contributed by atoms with Gasteiger partial charge in [-0.3, -0.25) is 10.2 Å². The maximum Gasteiger partial charge on any atom is 0.269 e. The molecule has 0 bridgehead atoms. The second kappa shape index (κ2) is 9.11. The fourth-order valence-electron chi connectivity index (χ4n) is 3.53. The molecular weight excluding hydrogens is 362 g/mol. The first-order valence-corrected chi connectivity index (χ1v) is 9.71. The van der Waals surface area contributed by atoms with Crippen LogP contribution in [-0.4, -0.2) is 30.6 Å². The molecule has 144 valence electrons.